The molecule has 0 saturated heterocycles. The number of hydrogen-bond donors (Lipinski definition) is 0. The Balaban J connectivity index is 0.972. The zero-order valence-electron chi connectivity index (χ0n) is 38.9. The molecule has 1 heteroatoms. The lowest BCUT2D eigenvalue weighted by Crippen LogP contribution is -2.10. The fourth-order valence-corrected chi connectivity index (χ4v) is 11.5. The third kappa shape index (κ3) is 6.85. The largest absolute Gasteiger partial charge is 0.310 e. The molecule has 0 spiro atoms. The van der Waals surface area contributed by atoms with Crippen molar-refractivity contribution in [3.8, 4) is 44.5 Å². The topological polar surface area (TPSA) is 3.24 Å². The predicted octanol–water partition coefficient (Wildman–Crippen LogP) is 19.9. The van der Waals surface area contributed by atoms with Crippen molar-refractivity contribution in [1.82, 2.24) is 0 Å². The summed E-state index contributed by atoms with van der Waals surface area (Å²) >= 11 is 0. The maximum Gasteiger partial charge on any atom is 0.0468 e. The molecule has 14 aromatic carbocycles. The fourth-order valence-electron chi connectivity index (χ4n) is 11.5. The molecule has 0 radical (unpaired) electrons. The highest BCUT2D eigenvalue weighted by atomic mass is 15.1. The Morgan fingerprint density at radius 3 is 0.887 bits per heavy atom. The van der Waals surface area contributed by atoms with Crippen molar-refractivity contribution in [2.75, 3.05) is 4.90 Å². The van der Waals surface area contributed by atoms with Crippen molar-refractivity contribution in [3.63, 3.8) is 0 Å². The van der Waals surface area contributed by atoms with Gasteiger partial charge in [-0.25, -0.2) is 0 Å². The second-order valence-corrected chi connectivity index (χ2v) is 18.8. The summed E-state index contributed by atoms with van der Waals surface area (Å²) in [6.45, 7) is 0. The molecular formula is C70H45N. The van der Waals surface area contributed by atoms with Gasteiger partial charge in [-0.15, -0.1) is 0 Å². The van der Waals surface area contributed by atoms with Gasteiger partial charge in [-0.1, -0.05) is 218 Å². The normalized spacial score (nSPS) is 11.7. The highest BCUT2D eigenvalue weighted by Crippen LogP contribution is 2.49. The van der Waals surface area contributed by atoms with Gasteiger partial charge in [0, 0.05) is 17.1 Å². The van der Waals surface area contributed by atoms with Crippen molar-refractivity contribution < 1.29 is 0 Å². The van der Waals surface area contributed by atoms with E-state index in [1.807, 2.05) is 0 Å². The molecule has 0 bridgehead atoms. The Morgan fingerprint density at radius 1 is 0.169 bits per heavy atom. The second-order valence-electron chi connectivity index (χ2n) is 18.8. The predicted molar refractivity (Wildman–Crippen MR) is 305 cm³/mol. The van der Waals surface area contributed by atoms with E-state index < -0.39 is 0 Å². The van der Waals surface area contributed by atoms with Gasteiger partial charge in [0.25, 0.3) is 0 Å². The van der Waals surface area contributed by atoms with E-state index in [9.17, 15) is 0 Å². The first kappa shape index (κ1) is 40.7. The number of anilines is 3. The number of fused-ring (bicyclic) bond motifs is 7. The Hall–Kier alpha value is -9.30. The van der Waals surface area contributed by atoms with Crippen molar-refractivity contribution >= 4 is 92.5 Å². The summed E-state index contributed by atoms with van der Waals surface area (Å²) in [7, 11) is 0. The molecule has 0 heterocycles. The van der Waals surface area contributed by atoms with Crippen molar-refractivity contribution in [3.05, 3.63) is 273 Å². The number of para-hydroxylation sites is 1. The van der Waals surface area contributed by atoms with Gasteiger partial charge in [0.15, 0.2) is 0 Å². The first-order chi connectivity index (χ1) is 35.2. The van der Waals surface area contributed by atoms with Crippen LogP contribution in [0.15, 0.2) is 273 Å². The van der Waals surface area contributed by atoms with Crippen LogP contribution in [0.2, 0.25) is 0 Å². The molecule has 330 valence electrons. The average Bonchev–Trinajstić information content (AvgIpc) is 3.44. The molecule has 0 fully saturated rings. The summed E-state index contributed by atoms with van der Waals surface area (Å²) in [5, 5.41) is 17.3. The van der Waals surface area contributed by atoms with E-state index in [2.05, 4.69) is 278 Å². The van der Waals surface area contributed by atoms with Crippen LogP contribution in [0.4, 0.5) is 17.1 Å². The Labute approximate surface area is 412 Å². The van der Waals surface area contributed by atoms with Gasteiger partial charge in [-0.2, -0.15) is 0 Å². The SMILES string of the molecule is c1ccc(N(c2ccc(-c3c4ccccc4c(-c4ccc5ccccc5c4)c4ccccc34)cc2)c2ccc3c(-c4ccc5ccccc5c4)c4ccccc4c(-c4ccc5ccccc5c4)c3c2)cc1. The van der Waals surface area contributed by atoms with E-state index in [1.54, 1.807) is 0 Å². The summed E-state index contributed by atoms with van der Waals surface area (Å²) < 4.78 is 0. The highest BCUT2D eigenvalue weighted by molar-refractivity contribution is 6.24. The highest BCUT2D eigenvalue weighted by Gasteiger charge is 2.22. The molecular weight excluding hydrogens is 855 g/mol. The molecule has 0 unspecified atom stereocenters. The number of benzene rings is 14. The first-order valence-electron chi connectivity index (χ1n) is 24.6. The van der Waals surface area contributed by atoms with Gasteiger partial charge >= 0.3 is 0 Å². The Bertz CT molecular complexity index is 4340. The van der Waals surface area contributed by atoms with E-state index in [1.165, 1.54) is 120 Å². The van der Waals surface area contributed by atoms with Crippen LogP contribution in [0.25, 0.3) is 120 Å². The minimum atomic E-state index is 1.09. The lowest BCUT2D eigenvalue weighted by atomic mass is 9.85. The summed E-state index contributed by atoms with van der Waals surface area (Å²) in [6.07, 6.45) is 0. The molecule has 0 aliphatic rings. The van der Waals surface area contributed by atoms with Crippen molar-refractivity contribution in [2.45, 2.75) is 0 Å². The quantitative estimate of drug-likeness (QED) is 0.144. The third-order valence-electron chi connectivity index (χ3n) is 14.7. The maximum atomic E-state index is 2.43. The van der Waals surface area contributed by atoms with Crippen molar-refractivity contribution in [1.29, 1.82) is 0 Å². The summed E-state index contributed by atoms with van der Waals surface area (Å²) in [5.74, 6) is 0. The molecule has 0 saturated carbocycles. The average molecular weight is 900 g/mol. The van der Waals surface area contributed by atoms with E-state index in [4.69, 9.17) is 0 Å². The Kier molecular flexibility index (Phi) is 9.60. The van der Waals surface area contributed by atoms with Crippen LogP contribution in [-0.4, -0.2) is 0 Å². The maximum absolute atomic E-state index is 2.43. The molecule has 1 nitrogen and oxygen atoms in total. The fraction of sp³-hybridized carbons (Fsp3) is 0. The minimum Gasteiger partial charge on any atom is -0.310 e. The van der Waals surface area contributed by atoms with Crippen LogP contribution in [0, 0.1) is 0 Å². The number of rotatable bonds is 7. The smallest absolute Gasteiger partial charge is 0.0468 e. The molecule has 14 aromatic rings. The van der Waals surface area contributed by atoms with Gasteiger partial charge < -0.3 is 4.90 Å². The molecule has 0 aromatic heterocycles. The van der Waals surface area contributed by atoms with Crippen molar-refractivity contribution in [2.24, 2.45) is 0 Å². The second kappa shape index (κ2) is 16.7. The van der Waals surface area contributed by atoms with Gasteiger partial charge in [-0.3, -0.25) is 0 Å². The molecule has 0 atom stereocenters. The van der Waals surface area contributed by atoms with Crippen LogP contribution < -0.4 is 4.90 Å². The van der Waals surface area contributed by atoms with E-state index in [0.29, 0.717) is 0 Å². The molecule has 0 amide bonds. The molecule has 0 N–H and O–H groups in total. The van der Waals surface area contributed by atoms with Crippen LogP contribution in [0.5, 0.6) is 0 Å². The molecule has 0 aliphatic heterocycles. The molecule has 71 heavy (non-hydrogen) atoms. The van der Waals surface area contributed by atoms with E-state index in [-0.39, 0.29) is 0 Å². The Morgan fingerprint density at radius 2 is 0.465 bits per heavy atom. The number of nitrogens with zero attached hydrogens (tertiary/aromatic N) is 1. The van der Waals surface area contributed by atoms with Gasteiger partial charge in [0.2, 0.25) is 0 Å². The third-order valence-corrected chi connectivity index (χ3v) is 14.7. The van der Waals surface area contributed by atoms with Crippen LogP contribution in [0.3, 0.4) is 0 Å². The molecule has 0 aliphatic carbocycles. The van der Waals surface area contributed by atoms with Gasteiger partial charge in [0.1, 0.15) is 0 Å². The van der Waals surface area contributed by atoms with Gasteiger partial charge in [0.05, 0.1) is 0 Å². The standard InChI is InChI=1S/C70H45N/c1-2-22-56(23-3-1)71(57-38-36-49(37-39-57)67-59-24-10-12-26-61(59)68(62-27-13-11-25-60(62)67)53-33-30-46-16-4-7-19-50(46)42-53)58-40-41-65-66(45-58)70(55-35-32-48-18-6-9-21-52(48)44-55)64-29-15-14-28-63(64)69(65)54-34-31-47-17-5-8-20-51(47)43-54/h1-45H. The minimum absolute atomic E-state index is 1.09. The summed E-state index contributed by atoms with van der Waals surface area (Å²) in [5.41, 5.74) is 13.1. The summed E-state index contributed by atoms with van der Waals surface area (Å²) in [6, 6.07) is 101. The lowest BCUT2D eigenvalue weighted by molar-refractivity contribution is 1.29. The first-order valence-corrected chi connectivity index (χ1v) is 24.6. The van der Waals surface area contributed by atoms with Crippen LogP contribution >= 0.6 is 0 Å². The summed E-state index contributed by atoms with van der Waals surface area (Å²) in [4.78, 5) is 2.41. The monoisotopic (exact) mass is 899 g/mol. The van der Waals surface area contributed by atoms with E-state index in [0.717, 1.165) is 17.1 Å². The zero-order chi connectivity index (χ0) is 46.8. The van der Waals surface area contributed by atoms with E-state index >= 15 is 0 Å². The van der Waals surface area contributed by atoms with Gasteiger partial charge in [-0.05, 0) is 175 Å². The number of hydrogen-bond acceptors (Lipinski definition) is 1. The van der Waals surface area contributed by atoms with Crippen LogP contribution in [-0.2, 0) is 0 Å². The zero-order valence-corrected chi connectivity index (χ0v) is 38.9. The van der Waals surface area contributed by atoms with Crippen LogP contribution in [0.1, 0.15) is 0 Å². The lowest BCUT2D eigenvalue weighted by Gasteiger charge is -2.27. The molecule has 14 rings (SSSR count).